The number of fused-ring (bicyclic) bond motifs is 5. The molecule has 3 fully saturated rings. The molecule has 0 radical (unpaired) electrons. The van der Waals surface area contributed by atoms with Crippen LogP contribution in [-0.4, -0.2) is 81.3 Å². The molecule has 4 rings (SSSR count). The van der Waals surface area contributed by atoms with E-state index in [1.807, 2.05) is 6.08 Å². The third kappa shape index (κ3) is 3.28. The molecule has 0 aromatic rings. The lowest BCUT2D eigenvalue weighted by Gasteiger charge is -2.60. The summed E-state index contributed by atoms with van der Waals surface area (Å²) in [5.74, 6) is -2.60. The van der Waals surface area contributed by atoms with Crippen LogP contribution in [0.5, 0.6) is 0 Å². The molecule has 4 aliphatic rings. The maximum absolute atomic E-state index is 13.2. The molecular formula is C23H34N2O7Si. The van der Waals surface area contributed by atoms with Crippen LogP contribution in [0.25, 0.3) is 0 Å². The minimum absolute atomic E-state index is 0.0869. The maximum Gasteiger partial charge on any atom is 0.328 e. The highest BCUT2D eigenvalue weighted by Gasteiger charge is 2.68. The molecule has 0 aromatic heterocycles. The number of nitrogens with zero attached hydrogens (tertiary/aromatic N) is 2. The summed E-state index contributed by atoms with van der Waals surface area (Å²) in [6.45, 7) is 10.6. The monoisotopic (exact) mass is 478 g/mol. The average molecular weight is 479 g/mol. The van der Waals surface area contributed by atoms with Crippen molar-refractivity contribution in [2.75, 3.05) is 21.3 Å². The van der Waals surface area contributed by atoms with Gasteiger partial charge in [0.1, 0.15) is 6.04 Å². The number of likely N-dealkylation sites (tertiary alicyclic amines) is 1. The van der Waals surface area contributed by atoms with E-state index in [2.05, 4.69) is 33.9 Å². The van der Waals surface area contributed by atoms with E-state index in [0.717, 1.165) is 0 Å². The number of methoxy groups -OCH3 is 2. The lowest BCUT2D eigenvalue weighted by atomic mass is 9.59. The quantitative estimate of drug-likeness (QED) is 0.261. The van der Waals surface area contributed by atoms with Crippen LogP contribution >= 0.6 is 0 Å². The van der Waals surface area contributed by atoms with Gasteiger partial charge in [0.2, 0.25) is 20.1 Å². The highest BCUT2D eigenvalue weighted by Crippen LogP contribution is 2.55. The lowest BCUT2D eigenvalue weighted by Crippen LogP contribution is -2.77. The SMILES string of the molecule is COC(=O)[C@@H]1CC2C(O[Si](C)(C)C(C)(C)C)=C[C@@H]3C(=O)N(C)C(=O)[C@@H]3[C@@H]2[C@H]2[C@@H](OC)C(=O)N21. The first kappa shape index (κ1) is 23.9. The van der Waals surface area contributed by atoms with Crippen molar-refractivity contribution >= 4 is 32.0 Å². The van der Waals surface area contributed by atoms with E-state index in [1.165, 1.54) is 31.1 Å². The molecule has 0 spiro atoms. The zero-order chi connectivity index (χ0) is 24.6. The molecule has 0 saturated carbocycles. The summed E-state index contributed by atoms with van der Waals surface area (Å²) in [6.07, 6.45) is 1.32. The van der Waals surface area contributed by atoms with Gasteiger partial charge in [0.25, 0.3) is 5.91 Å². The predicted molar refractivity (Wildman–Crippen MR) is 120 cm³/mol. The molecule has 0 aromatic carbocycles. The van der Waals surface area contributed by atoms with E-state index in [9.17, 15) is 19.2 Å². The van der Waals surface area contributed by atoms with Crippen LogP contribution in [0.15, 0.2) is 11.8 Å². The first-order chi connectivity index (χ1) is 15.3. The summed E-state index contributed by atoms with van der Waals surface area (Å²) in [5.41, 5.74) is 0. The third-order valence-corrected chi connectivity index (χ3v) is 12.8. The van der Waals surface area contributed by atoms with E-state index in [-0.39, 0.29) is 41.0 Å². The van der Waals surface area contributed by atoms with Gasteiger partial charge in [0, 0.05) is 26.0 Å². The third-order valence-electron chi connectivity index (χ3n) is 8.45. The van der Waals surface area contributed by atoms with Crippen LogP contribution in [0.3, 0.4) is 0 Å². The highest BCUT2D eigenvalue weighted by molar-refractivity contribution is 6.74. The Morgan fingerprint density at radius 3 is 2.27 bits per heavy atom. The van der Waals surface area contributed by atoms with E-state index < -0.39 is 44.3 Å². The summed E-state index contributed by atoms with van der Waals surface area (Å²) in [4.78, 5) is 54.4. The van der Waals surface area contributed by atoms with Crippen molar-refractivity contribution < 1.29 is 33.1 Å². The number of rotatable bonds is 4. The summed E-state index contributed by atoms with van der Waals surface area (Å²) in [7, 11) is 1.96. The molecule has 0 N–H and O–H groups in total. The van der Waals surface area contributed by atoms with Gasteiger partial charge in [-0.15, -0.1) is 0 Å². The Morgan fingerprint density at radius 2 is 1.73 bits per heavy atom. The fraction of sp³-hybridized carbons (Fsp3) is 0.739. The summed E-state index contributed by atoms with van der Waals surface area (Å²) in [6, 6.07) is -1.29. The van der Waals surface area contributed by atoms with Gasteiger partial charge in [-0.1, -0.05) is 20.8 Å². The Labute approximate surface area is 195 Å². The molecular weight excluding hydrogens is 444 g/mol. The van der Waals surface area contributed by atoms with Gasteiger partial charge in [-0.05, 0) is 30.6 Å². The number of allylic oxidation sites excluding steroid dienone is 1. The minimum Gasteiger partial charge on any atom is -0.547 e. The summed E-state index contributed by atoms with van der Waals surface area (Å²) < 4.78 is 17.2. The number of carbonyl (C=O) groups is 4. The second-order valence-electron chi connectivity index (χ2n) is 11.1. The van der Waals surface area contributed by atoms with Crippen LogP contribution in [0, 0.1) is 23.7 Å². The summed E-state index contributed by atoms with van der Waals surface area (Å²) >= 11 is 0. The van der Waals surface area contributed by atoms with Crippen LogP contribution < -0.4 is 0 Å². The van der Waals surface area contributed by atoms with Gasteiger partial charge in [0.15, 0.2) is 6.10 Å². The van der Waals surface area contributed by atoms with Gasteiger partial charge in [0.05, 0.1) is 30.7 Å². The van der Waals surface area contributed by atoms with E-state index in [0.29, 0.717) is 5.76 Å². The van der Waals surface area contributed by atoms with Crippen molar-refractivity contribution in [3.05, 3.63) is 11.8 Å². The molecule has 3 amide bonds. The second-order valence-corrected chi connectivity index (χ2v) is 15.8. The minimum atomic E-state index is -2.29. The van der Waals surface area contributed by atoms with Gasteiger partial charge in [-0.3, -0.25) is 19.3 Å². The molecule has 3 saturated heterocycles. The largest absolute Gasteiger partial charge is 0.547 e. The molecule has 182 valence electrons. The van der Waals surface area contributed by atoms with Crippen LogP contribution in [0.4, 0.5) is 0 Å². The number of piperidine rings is 1. The fourth-order valence-electron chi connectivity index (χ4n) is 5.66. The van der Waals surface area contributed by atoms with Crippen molar-refractivity contribution in [1.82, 2.24) is 9.80 Å². The van der Waals surface area contributed by atoms with Gasteiger partial charge < -0.3 is 18.8 Å². The molecule has 3 aliphatic heterocycles. The average Bonchev–Trinajstić information content (AvgIpc) is 2.95. The van der Waals surface area contributed by atoms with Crippen molar-refractivity contribution in [2.24, 2.45) is 23.7 Å². The Bertz CT molecular complexity index is 940. The maximum atomic E-state index is 13.2. The number of hydrogen-bond acceptors (Lipinski definition) is 7. The van der Waals surface area contributed by atoms with Crippen molar-refractivity contribution in [3.63, 3.8) is 0 Å². The van der Waals surface area contributed by atoms with Gasteiger partial charge >= 0.3 is 5.97 Å². The fourth-order valence-corrected chi connectivity index (χ4v) is 6.77. The molecule has 9 nitrogen and oxygen atoms in total. The van der Waals surface area contributed by atoms with E-state index in [4.69, 9.17) is 13.9 Å². The second kappa shape index (κ2) is 7.66. The Hall–Kier alpha value is -2.20. The molecule has 33 heavy (non-hydrogen) atoms. The Kier molecular flexibility index (Phi) is 5.56. The van der Waals surface area contributed by atoms with Crippen molar-refractivity contribution in [3.8, 4) is 0 Å². The number of imide groups is 1. The number of β-lactam (4-membered cyclic amide) rings is 1. The standard InChI is InChI=1S/C23H34N2O7Si/c1-23(2,3)33(7,8)32-14-10-12-16(20(27)24(4)19(12)26)15-11(14)9-13(22(29)31-6)25-17(15)18(30-5)21(25)28/h10-13,15-18H,9H2,1-8H3/t11?,12-,13-,15+,16-,17-,18+/m0/s1. The summed E-state index contributed by atoms with van der Waals surface area (Å²) in [5, 5.41) is -0.0869. The number of carbonyl (C=O) groups excluding carboxylic acids is 4. The number of ether oxygens (including phenoxy) is 2. The number of hydrogen-bond donors (Lipinski definition) is 0. The van der Waals surface area contributed by atoms with E-state index >= 15 is 0 Å². The predicted octanol–water partition coefficient (Wildman–Crippen LogP) is 1.54. The molecule has 3 heterocycles. The van der Waals surface area contributed by atoms with E-state index in [1.54, 1.807) is 0 Å². The number of esters is 1. The van der Waals surface area contributed by atoms with Gasteiger partial charge in [-0.2, -0.15) is 0 Å². The Balaban J connectivity index is 1.84. The lowest BCUT2D eigenvalue weighted by molar-refractivity contribution is -0.204. The topological polar surface area (TPSA) is 102 Å². The van der Waals surface area contributed by atoms with Gasteiger partial charge in [-0.25, -0.2) is 4.79 Å². The number of amides is 3. The highest BCUT2D eigenvalue weighted by atomic mass is 28.4. The zero-order valence-corrected chi connectivity index (χ0v) is 21.6. The molecule has 0 bridgehead atoms. The first-order valence-corrected chi connectivity index (χ1v) is 14.3. The normalized spacial score (nSPS) is 35.9. The van der Waals surface area contributed by atoms with Crippen LogP contribution in [0.2, 0.25) is 18.1 Å². The first-order valence-electron chi connectivity index (χ1n) is 11.4. The Morgan fingerprint density at radius 1 is 1.09 bits per heavy atom. The molecule has 7 atom stereocenters. The van der Waals surface area contributed by atoms with Crippen LogP contribution in [-0.2, 0) is 33.1 Å². The molecule has 1 unspecified atom stereocenters. The zero-order valence-electron chi connectivity index (χ0n) is 20.6. The van der Waals surface area contributed by atoms with Crippen LogP contribution in [0.1, 0.15) is 27.2 Å². The molecule has 1 aliphatic carbocycles. The molecule has 10 heteroatoms. The van der Waals surface area contributed by atoms with Crippen molar-refractivity contribution in [1.29, 1.82) is 0 Å². The van der Waals surface area contributed by atoms with Crippen molar-refractivity contribution in [2.45, 2.75) is 63.5 Å². The smallest absolute Gasteiger partial charge is 0.328 e.